The lowest BCUT2D eigenvalue weighted by Crippen LogP contribution is -2.37. The molecule has 0 bridgehead atoms. The fourth-order valence-corrected chi connectivity index (χ4v) is 3.80. The van der Waals surface area contributed by atoms with Crippen LogP contribution in [-0.2, 0) is 6.54 Å². The van der Waals surface area contributed by atoms with Gasteiger partial charge in [-0.1, -0.05) is 56.0 Å². The molecular weight excluding hydrogens is 362 g/mol. The maximum absolute atomic E-state index is 13.1. The summed E-state index contributed by atoms with van der Waals surface area (Å²) in [6.45, 7) is 4.49. The minimum absolute atomic E-state index is 0.0213. The zero-order valence-corrected chi connectivity index (χ0v) is 17.4. The second kappa shape index (κ2) is 10.2. The first-order valence-electron chi connectivity index (χ1n) is 10.7. The van der Waals surface area contributed by atoms with E-state index in [0.29, 0.717) is 17.8 Å². The molecule has 2 amide bonds. The SMILES string of the molecule is CC(C)N(Cc1ccccc1)C(=O)c1cc(C(=O)NC2CCCCCC2)ccn1. The molecule has 29 heavy (non-hydrogen) atoms. The summed E-state index contributed by atoms with van der Waals surface area (Å²) >= 11 is 0. The van der Waals surface area contributed by atoms with Gasteiger partial charge in [-0.05, 0) is 44.4 Å². The summed E-state index contributed by atoms with van der Waals surface area (Å²) in [6, 6.07) is 13.5. The van der Waals surface area contributed by atoms with Crippen LogP contribution in [0.1, 0.15) is 78.8 Å². The molecular formula is C24H31N3O2. The molecule has 3 rings (SSSR count). The first-order chi connectivity index (χ1) is 14.0. The monoisotopic (exact) mass is 393 g/mol. The molecule has 1 heterocycles. The number of hydrogen-bond acceptors (Lipinski definition) is 3. The number of carbonyl (C=O) groups is 2. The van der Waals surface area contributed by atoms with Crippen molar-refractivity contribution in [2.75, 3.05) is 0 Å². The zero-order chi connectivity index (χ0) is 20.6. The summed E-state index contributed by atoms with van der Waals surface area (Å²) in [5.41, 5.74) is 1.87. The third-order valence-electron chi connectivity index (χ3n) is 5.51. The zero-order valence-electron chi connectivity index (χ0n) is 17.4. The van der Waals surface area contributed by atoms with Crippen LogP contribution in [0.2, 0.25) is 0 Å². The van der Waals surface area contributed by atoms with Crippen LogP contribution in [0.5, 0.6) is 0 Å². The van der Waals surface area contributed by atoms with E-state index >= 15 is 0 Å². The van der Waals surface area contributed by atoms with E-state index in [1.165, 1.54) is 12.8 Å². The highest BCUT2D eigenvalue weighted by Gasteiger charge is 2.22. The van der Waals surface area contributed by atoms with Gasteiger partial charge < -0.3 is 10.2 Å². The summed E-state index contributed by atoms with van der Waals surface area (Å²) in [4.78, 5) is 31.9. The second-order valence-electron chi connectivity index (χ2n) is 8.10. The summed E-state index contributed by atoms with van der Waals surface area (Å²) in [6.07, 6.45) is 8.42. The van der Waals surface area contributed by atoms with Gasteiger partial charge in [0.25, 0.3) is 11.8 Å². The van der Waals surface area contributed by atoms with Gasteiger partial charge in [0.05, 0.1) is 0 Å². The second-order valence-corrected chi connectivity index (χ2v) is 8.10. The predicted molar refractivity (Wildman–Crippen MR) is 115 cm³/mol. The van der Waals surface area contributed by atoms with Gasteiger partial charge in [-0.15, -0.1) is 0 Å². The van der Waals surface area contributed by atoms with Crippen molar-refractivity contribution in [2.24, 2.45) is 0 Å². The molecule has 0 aliphatic heterocycles. The number of aromatic nitrogens is 1. The number of amides is 2. The number of benzene rings is 1. The van der Waals surface area contributed by atoms with Crippen LogP contribution >= 0.6 is 0 Å². The van der Waals surface area contributed by atoms with E-state index in [4.69, 9.17) is 0 Å². The van der Waals surface area contributed by atoms with Crippen molar-refractivity contribution in [3.05, 3.63) is 65.5 Å². The maximum Gasteiger partial charge on any atom is 0.272 e. The molecule has 5 nitrogen and oxygen atoms in total. The van der Waals surface area contributed by atoms with E-state index < -0.39 is 0 Å². The van der Waals surface area contributed by atoms with Crippen molar-refractivity contribution >= 4 is 11.8 Å². The van der Waals surface area contributed by atoms with E-state index in [0.717, 1.165) is 31.2 Å². The van der Waals surface area contributed by atoms with Crippen molar-refractivity contribution in [3.63, 3.8) is 0 Å². The molecule has 0 unspecified atom stereocenters. The molecule has 1 saturated carbocycles. The summed E-state index contributed by atoms with van der Waals surface area (Å²) in [5.74, 6) is -0.277. The number of carbonyl (C=O) groups excluding carboxylic acids is 2. The van der Waals surface area contributed by atoms with Crippen molar-refractivity contribution in [1.29, 1.82) is 0 Å². The maximum atomic E-state index is 13.1. The average Bonchev–Trinajstić information content (AvgIpc) is 3.01. The number of nitrogens with zero attached hydrogens (tertiary/aromatic N) is 2. The molecule has 1 fully saturated rings. The molecule has 1 N–H and O–H groups in total. The fraction of sp³-hybridized carbons (Fsp3) is 0.458. The van der Waals surface area contributed by atoms with Gasteiger partial charge in [0.15, 0.2) is 0 Å². The Morgan fingerprint density at radius 1 is 1.07 bits per heavy atom. The number of nitrogens with one attached hydrogen (secondary N) is 1. The van der Waals surface area contributed by atoms with Crippen LogP contribution in [0.15, 0.2) is 48.7 Å². The lowest BCUT2D eigenvalue weighted by Gasteiger charge is -2.26. The van der Waals surface area contributed by atoms with Crippen LogP contribution < -0.4 is 5.32 Å². The Morgan fingerprint density at radius 3 is 2.41 bits per heavy atom. The quantitative estimate of drug-likeness (QED) is 0.731. The Morgan fingerprint density at radius 2 is 1.76 bits per heavy atom. The number of rotatable bonds is 6. The van der Waals surface area contributed by atoms with E-state index in [2.05, 4.69) is 10.3 Å². The number of hydrogen-bond donors (Lipinski definition) is 1. The summed E-state index contributed by atoms with van der Waals surface area (Å²) in [7, 11) is 0. The first kappa shape index (κ1) is 21.0. The molecule has 1 aromatic heterocycles. The normalized spacial score (nSPS) is 15.0. The highest BCUT2D eigenvalue weighted by Crippen LogP contribution is 2.18. The summed E-state index contributed by atoms with van der Waals surface area (Å²) < 4.78 is 0. The molecule has 0 radical (unpaired) electrons. The average molecular weight is 394 g/mol. The fourth-order valence-electron chi connectivity index (χ4n) is 3.80. The van der Waals surface area contributed by atoms with Crippen LogP contribution in [-0.4, -0.2) is 33.8 Å². The Hall–Kier alpha value is -2.69. The molecule has 5 heteroatoms. The van der Waals surface area contributed by atoms with Gasteiger partial charge in [0.2, 0.25) is 0 Å². The molecule has 0 saturated heterocycles. The van der Waals surface area contributed by atoms with Crippen molar-refractivity contribution in [1.82, 2.24) is 15.2 Å². The Kier molecular flexibility index (Phi) is 7.39. The van der Waals surface area contributed by atoms with Gasteiger partial charge in [-0.2, -0.15) is 0 Å². The molecule has 1 aliphatic rings. The molecule has 0 atom stereocenters. The van der Waals surface area contributed by atoms with E-state index in [1.807, 2.05) is 44.2 Å². The smallest absolute Gasteiger partial charge is 0.272 e. The van der Waals surface area contributed by atoms with Crippen LogP contribution in [0.3, 0.4) is 0 Å². The van der Waals surface area contributed by atoms with Crippen LogP contribution in [0.25, 0.3) is 0 Å². The van der Waals surface area contributed by atoms with E-state index in [9.17, 15) is 9.59 Å². The van der Waals surface area contributed by atoms with Gasteiger partial charge >= 0.3 is 0 Å². The molecule has 1 aromatic carbocycles. The van der Waals surface area contributed by atoms with Gasteiger partial charge in [-0.3, -0.25) is 14.6 Å². The minimum Gasteiger partial charge on any atom is -0.349 e. The van der Waals surface area contributed by atoms with Crippen molar-refractivity contribution < 1.29 is 9.59 Å². The van der Waals surface area contributed by atoms with Crippen molar-refractivity contribution in [3.8, 4) is 0 Å². The molecule has 2 aromatic rings. The molecule has 1 aliphatic carbocycles. The predicted octanol–water partition coefficient (Wildman–Crippen LogP) is 4.59. The number of pyridine rings is 1. The third kappa shape index (κ3) is 5.89. The van der Waals surface area contributed by atoms with Gasteiger partial charge in [0, 0.05) is 30.4 Å². The van der Waals surface area contributed by atoms with E-state index in [1.54, 1.807) is 23.2 Å². The van der Waals surface area contributed by atoms with Gasteiger partial charge in [0.1, 0.15) is 5.69 Å². The van der Waals surface area contributed by atoms with Crippen LogP contribution in [0.4, 0.5) is 0 Å². The highest BCUT2D eigenvalue weighted by molar-refractivity contribution is 5.98. The highest BCUT2D eigenvalue weighted by atomic mass is 16.2. The first-order valence-corrected chi connectivity index (χ1v) is 10.7. The van der Waals surface area contributed by atoms with Gasteiger partial charge in [-0.25, -0.2) is 0 Å². The van der Waals surface area contributed by atoms with Crippen molar-refractivity contribution in [2.45, 2.75) is 71.0 Å². The van der Waals surface area contributed by atoms with E-state index in [-0.39, 0.29) is 23.9 Å². The Labute approximate surface area is 173 Å². The minimum atomic E-state index is -0.159. The topological polar surface area (TPSA) is 62.3 Å². The Bertz CT molecular complexity index is 812. The standard InChI is InChI=1S/C24H31N3O2/c1-18(2)27(17-19-10-6-5-7-11-19)24(29)22-16-20(14-15-25-22)23(28)26-21-12-8-3-4-9-13-21/h5-7,10-11,14-16,18,21H,3-4,8-9,12-13,17H2,1-2H3,(H,26,28). The lowest BCUT2D eigenvalue weighted by atomic mass is 10.1. The summed E-state index contributed by atoms with van der Waals surface area (Å²) in [5, 5.41) is 3.14. The lowest BCUT2D eigenvalue weighted by molar-refractivity contribution is 0.0684. The van der Waals surface area contributed by atoms with Crippen LogP contribution in [0, 0.1) is 0 Å². The Balaban J connectivity index is 1.72. The molecule has 0 spiro atoms. The third-order valence-corrected chi connectivity index (χ3v) is 5.51. The largest absolute Gasteiger partial charge is 0.349 e. The molecule has 154 valence electrons.